The zero-order chi connectivity index (χ0) is 18.4. The number of nitrogens with one attached hydrogen (secondary N) is 3. The summed E-state index contributed by atoms with van der Waals surface area (Å²) < 4.78 is 0. The van der Waals surface area contributed by atoms with E-state index in [2.05, 4.69) is 20.9 Å². The van der Waals surface area contributed by atoms with Crippen molar-refractivity contribution in [2.45, 2.75) is 58.0 Å². The van der Waals surface area contributed by atoms with E-state index in [1.165, 1.54) is 6.42 Å². The molecule has 0 radical (unpaired) electrons. The van der Waals surface area contributed by atoms with Crippen molar-refractivity contribution in [2.75, 3.05) is 6.54 Å². The summed E-state index contributed by atoms with van der Waals surface area (Å²) in [6.45, 7) is 3.21. The van der Waals surface area contributed by atoms with Gasteiger partial charge in [0, 0.05) is 6.04 Å². The first-order valence-corrected chi connectivity index (χ1v) is 9.22. The highest BCUT2D eigenvalue weighted by Crippen LogP contribution is 2.23. The molecule has 0 aliphatic heterocycles. The van der Waals surface area contributed by atoms with Gasteiger partial charge in [0.1, 0.15) is 9.88 Å². The number of hydrogen-bond donors (Lipinski definition) is 4. The first-order chi connectivity index (χ1) is 11.9. The molecule has 1 unspecified atom stereocenters. The third-order valence-electron chi connectivity index (χ3n) is 4.11. The smallest absolute Gasteiger partial charge is 0.347 e. The lowest BCUT2D eigenvalue weighted by atomic mass is 9.96. The van der Waals surface area contributed by atoms with Crippen LogP contribution in [-0.2, 0) is 4.79 Å². The van der Waals surface area contributed by atoms with Gasteiger partial charge in [-0.3, -0.25) is 4.79 Å². The number of aryl methyl sites for hydroxylation is 1. The minimum absolute atomic E-state index is 0.140. The highest BCUT2D eigenvalue weighted by molar-refractivity contribution is 7.13. The molecule has 0 saturated heterocycles. The number of aromatic nitrogens is 1. The van der Waals surface area contributed by atoms with Gasteiger partial charge in [-0.25, -0.2) is 14.6 Å². The van der Waals surface area contributed by atoms with Crippen LogP contribution >= 0.6 is 11.3 Å². The van der Waals surface area contributed by atoms with E-state index >= 15 is 0 Å². The van der Waals surface area contributed by atoms with E-state index in [-0.39, 0.29) is 29.4 Å². The number of nitrogens with zero attached hydrogens (tertiary/aromatic N) is 1. The highest BCUT2D eigenvalue weighted by atomic mass is 32.1. The van der Waals surface area contributed by atoms with Crippen molar-refractivity contribution in [1.82, 2.24) is 20.9 Å². The monoisotopic (exact) mass is 368 g/mol. The lowest BCUT2D eigenvalue weighted by Gasteiger charge is -2.22. The molecule has 9 heteroatoms. The van der Waals surface area contributed by atoms with E-state index in [4.69, 9.17) is 5.11 Å². The minimum atomic E-state index is -1.03. The SMILES string of the molecule is Cc1nc(C(C)NC(=O)CNC(=O)NC2CCCCC2)sc1C(=O)O. The molecule has 1 atom stereocenters. The van der Waals surface area contributed by atoms with Gasteiger partial charge in [-0.15, -0.1) is 11.3 Å². The molecule has 138 valence electrons. The van der Waals surface area contributed by atoms with Crippen molar-refractivity contribution in [2.24, 2.45) is 0 Å². The van der Waals surface area contributed by atoms with E-state index < -0.39 is 12.0 Å². The van der Waals surface area contributed by atoms with Gasteiger partial charge in [-0.05, 0) is 26.7 Å². The molecule has 1 aromatic rings. The van der Waals surface area contributed by atoms with Crippen molar-refractivity contribution in [3.05, 3.63) is 15.6 Å². The maximum Gasteiger partial charge on any atom is 0.347 e. The Hall–Kier alpha value is -2.16. The fourth-order valence-corrected chi connectivity index (χ4v) is 3.71. The molecule has 8 nitrogen and oxygen atoms in total. The average molecular weight is 368 g/mol. The maximum atomic E-state index is 12.0. The van der Waals surface area contributed by atoms with Gasteiger partial charge in [-0.2, -0.15) is 0 Å². The van der Waals surface area contributed by atoms with Crippen LogP contribution in [0.25, 0.3) is 0 Å². The summed E-state index contributed by atoms with van der Waals surface area (Å²) in [5.41, 5.74) is 0.429. The Labute approximate surface area is 150 Å². The Morgan fingerprint density at radius 3 is 2.56 bits per heavy atom. The fraction of sp³-hybridized carbons (Fsp3) is 0.625. The van der Waals surface area contributed by atoms with E-state index in [1.54, 1.807) is 13.8 Å². The molecule has 1 aromatic heterocycles. The molecule has 1 fully saturated rings. The number of urea groups is 1. The number of hydrogen-bond acceptors (Lipinski definition) is 5. The summed E-state index contributed by atoms with van der Waals surface area (Å²) in [6.07, 6.45) is 5.40. The topological polar surface area (TPSA) is 120 Å². The zero-order valence-electron chi connectivity index (χ0n) is 14.4. The fourth-order valence-electron chi connectivity index (χ4n) is 2.80. The van der Waals surface area contributed by atoms with Crippen LogP contribution in [0.4, 0.5) is 4.79 Å². The molecular weight excluding hydrogens is 344 g/mol. The lowest BCUT2D eigenvalue weighted by Crippen LogP contribution is -2.46. The Bertz CT molecular complexity index is 640. The summed E-state index contributed by atoms with van der Waals surface area (Å²) in [4.78, 5) is 39.2. The Balaban J connectivity index is 1.76. The first-order valence-electron chi connectivity index (χ1n) is 8.41. The van der Waals surface area contributed by atoms with Gasteiger partial charge in [-0.1, -0.05) is 19.3 Å². The summed E-state index contributed by atoms with van der Waals surface area (Å²) in [5.74, 6) is -1.38. The largest absolute Gasteiger partial charge is 0.477 e. The second kappa shape index (κ2) is 8.80. The van der Waals surface area contributed by atoms with Gasteiger partial charge in [0.2, 0.25) is 5.91 Å². The van der Waals surface area contributed by atoms with Gasteiger partial charge < -0.3 is 21.1 Å². The molecule has 0 bridgehead atoms. The minimum Gasteiger partial charge on any atom is -0.477 e. The third-order valence-corrected chi connectivity index (χ3v) is 5.43. The van der Waals surface area contributed by atoms with E-state index in [0.29, 0.717) is 10.7 Å². The van der Waals surface area contributed by atoms with Crippen LogP contribution < -0.4 is 16.0 Å². The van der Waals surface area contributed by atoms with Crippen LogP contribution in [0.2, 0.25) is 0 Å². The van der Waals surface area contributed by atoms with Crippen LogP contribution in [-0.4, -0.2) is 40.6 Å². The van der Waals surface area contributed by atoms with Gasteiger partial charge in [0.15, 0.2) is 0 Å². The standard InChI is InChI=1S/C16H24N4O4S/c1-9-13(15(22)23)25-14(19-9)10(2)18-12(21)8-17-16(24)20-11-6-4-3-5-7-11/h10-11H,3-8H2,1-2H3,(H,18,21)(H,22,23)(H2,17,20,24). The first kappa shape index (κ1) is 19.2. The predicted molar refractivity (Wildman–Crippen MR) is 93.8 cm³/mol. The number of carboxylic acid groups (broad SMARTS) is 1. The summed E-state index contributed by atoms with van der Waals surface area (Å²) in [6, 6.07) is -0.580. The number of rotatable bonds is 6. The summed E-state index contributed by atoms with van der Waals surface area (Å²) in [7, 11) is 0. The summed E-state index contributed by atoms with van der Waals surface area (Å²) in [5, 5.41) is 17.7. The van der Waals surface area contributed by atoms with E-state index in [9.17, 15) is 14.4 Å². The van der Waals surface area contributed by atoms with Crippen LogP contribution in [0.3, 0.4) is 0 Å². The molecule has 25 heavy (non-hydrogen) atoms. The number of carbonyl (C=O) groups is 3. The van der Waals surface area contributed by atoms with Crippen molar-refractivity contribution in [3.8, 4) is 0 Å². The molecule has 1 aliphatic carbocycles. The Kier molecular flexibility index (Phi) is 6.74. The Morgan fingerprint density at radius 1 is 1.28 bits per heavy atom. The molecule has 0 spiro atoms. The van der Waals surface area contributed by atoms with Crippen molar-refractivity contribution < 1.29 is 19.5 Å². The molecule has 1 heterocycles. The van der Waals surface area contributed by atoms with E-state index in [1.807, 2.05) is 0 Å². The second-order valence-corrected chi connectivity index (χ2v) is 7.25. The number of carbonyl (C=O) groups excluding carboxylic acids is 2. The predicted octanol–water partition coefficient (Wildman–Crippen LogP) is 1.96. The van der Waals surface area contributed by atoms with E-state index in [0.717, 1.165) is 37.0 Å². The highest BCUT2D eigenvalue weighted by Gasteiger charge is 2.20. The van der Waals surface area contributed by atoms with Crippen molar-refractivity contribution in [1.29, 1.82) is 0 Å². The number of thiazole rings is 1. The summed E-state index contributed by atoms with van der Waals surface area (Å²) >= 11 is 1.04. The average Bonchev–Trinajstić information content (AvgIpc) is 2.96. The Morgan fingerprint density at radius 2 is 1.96 bits per heavy atom. The molecule has 3 amide bonds. The molecule has 0 aromatic carbocycles. The maximum absolute atomic E-state index is 12.0. The number of aromatic carboxylic acids is 1. The number of amides is 3. The van der Waals surface area contributed by atoms with Crippen LogP contribution in [0.15, 0.2) is 0 Å². The molecular formula is C16H24N4O4S. The van der Waals surface area contributed by atoms with Crippen LogP contribution in [0.1, 0.15) is 65.4 Å². The molecule has 4 N–H and O–H groups in total. The number of carboxylic acids is 1. The molecule has 2 rings (SSSR count). The quantitative estimate of drug-likeness (QED) is 0.612. The van der Waals surface area contributed by atoms with Gasteiger partial charge >= 0.3 is 12.0 Å². The molecule has 1 aliphatic rings. The normalized spacial score (nSPS) is 16.1. The van der Waals surface area contributed by atoms with Crippen molar-refractivity contribution >= 4 is 29.2 Å². The third kappa shape index (κ3) is 5.70. The zero-order valence-corrected chi connectivity index (χ0v) is 15.2. The van der Waals surface area contributed by atoms with Gasteiger partial charge in [0.25, 0.3) is 0 Å². The van der Waals surface area contributed by atoms with Crippen LogP contribution in [0.5, 0.6) is 0 Å². The second-order valence-electron chi connectivity index (χ2n) is 6.22. The van der Waals surface area contributed by atoms with Crippen LogP contribution in [0, 0.1) is 6.92 Å². The van der Waals surface area contributed by atoms with Crippen molar-refractivity contribution in [3.63, 3.8) is 0 Å². The molecule has 1 saturated carbocycles. The van der Waals surface area contributed by atoms with Gasteiger partial charge in [0.05, 0.1) is 18.3 Å². The lowest BCUT2D eigenvalue weighted by molar-refractivity contribution is -0.120.